The summed E-state index contributed by atoms with van der Waals surface area (Å²) in [5, 5.41) is 7.04. The summed E-state index contributed by atoms with van der Waals surface area (Å²) in [7, 11) is -4.25. The number of carbonyl (C=O) groups excluding carboxylic acids is 1. The zero-order chi connectivity index (χ0) is 15.7. The van der Waals surface area contributed by atoms with E-state index >= 15 is 0 Å². The number of rotatable bonds is 3. The summed E-state index contributed by atoms with van der Waals surface area (Å²) < 4.78 is 60.4. The van der Waals surface area contributed by atoms with Crippen LogP contribution < -0.4 is 10.5 Å². The van der Waals surface area contributed by atoms with Gasteiger partial charge in [-0.25, -0.2) is 13.6 Å². The van der Waals surface area contributed by atoms with Gasteiger partial charge in [-0.15, -0.1) is 0 Å². The lowest BCUT2D eigenvalue weighted by Crippen LogP contribution is -2.22. The van der Waals surface area contributed by atoms with Crippen molar-refractivity contribution in [3.63, 3.8) is 0 Å². The molecule has 0 aromatic heterocycles. The van der Waals surface area contributed by atoms with Crippen molar-refractivity contribution in [2.24, 2.45) is 11.1 Å². The van der Waals surface area contributed by atoms with Crippen molar-refractivity contribution in [3.8, 4) is 0 Å². The summed E-state index contributed by atoms with van der Waals surface area (Å²) in [4.78, 5) is 11.0. The quantitative estimate of drug-likeness (QED) is 0.894. The highest BCUT2D eigenvalue weighted by Crippen LogP contribution is 2.33. The molecule has 0 spiro atoms. The molecule has 0 saturated carbocycles. The Hall–Kier alpha value is -1.61. The molecule has 112 valence electrons. The van der Waals surface area contributed by atoms with E-state index in [4.69, 9.17) is 5.14 Å². The van der Waals surface area contributed by atoms with Crippen molar-refractivity contribution in [2.45, 2.75) is 24.9 Å². The van der Waals surface area contributed by atoms with E-state index in [9.17, 15) is 26.4 Å². The van der Waals surface area contributed by atoms with Crippen molar-refractivity contribution >= 4 is 21.6 Å². The number of hydrogen-bond donors (Lipinski definition) is 2. The van der Waals surface area contributed by atoms with Gasteiger partial charge < -0.3 is 5.32 Å². The van der Waals surface area contributed by atoms with E-state index < -0.39 is 44.2 Å². The number of amides is 1. The average molecular weight is 310 g/mol. The Kier molecular flexibility index (Phi) is 4.45. The highest BCUT2D eigenvalue weighted by molar-refractivity contribution is 7.89. The monoisotopic (exact) mass is 310 g/mol. The van der Waals surface area contributed by atoms with Crippen LogP contribution in [0.4, 0.5) is 18.9 Å². The molecule has 0 aliphatic carbocycles. The van der Waals surface area contributed by atoms with Crippen LogP contribution in [0.5, 0.6) is 0 Å². The van der Waals surface area contributed by atoms with Gasteiger partial charge in [0.1, 0.15) is 4.90 Å². The molecular formula is C11H13F3N2O3S. The maximum atomic E-state index is 12.6. The summed E-state index contributed by atoms with van der Waals surface area (Å²) in [5.74, 6) is -1.15. The Balaban J connectivity index is 3.38. The summed E-state index contributed by atoms with van der Waals surface area (Å²) in [6, 6.07) is 1.85. The predicted molar refractivity (Wildman–Crippen MR) is 66.3 cm³/mol. The van der Waals surface area contributed by atoms with E-state index in [1.54, 1.807) is 0 Å². The molecule has 0 atom stereocenters. The number of primary sulfonamides is 1. The Labute approximate surface area is 114 Å². The zero-order valence-corrected chi connectivity index (χ0v) is 11.5. The smallest absolute Gasteiger partial charge is 0.325 e. The minimum atomic E-state index is -4.66. The first-order valence-corrected chi connectivity index (χ1v) is 7.02. The third-order valence-corrected chi connectivity index (χ3v) is 3.36. The molecule has 3 N–H and O–H groups in total. The molecule has 9 heteroatoms. The van der Waals surface area contributed by atoms with E-state index in [-0.39, 0.29) is 0 Å². The SMILES string of the molecule is CC(C)C(=O)Nc1cc(C(F)(F)F)ccc1S(N)(=O)=O. The molecule has 0 bridgehead atoms. The van der Waals surface area contributed by atoms with Gasteiger partial charge in [0.2, 0.25) is 15.9 Å². The number of anilines is 1. The third-order valence-electron chi connectivity index (χ3n) is 2.40. The van der Waals surface area contributed by atoms with Crippen molar-refractivity contribution in [1.29, 1.82) is 0 Å². The molecule has 5 nitrogen and oxygen atoms in total. The third kappa shape index (κ3) is 3.94. The number of carbonyl (C=O) groups is 1. The topological polar surface area (TPSA) is 89.3 Å². The molecule has 0 saturated heterocycles. The summed E-state index contributed by atoms with van der Waals surface area (Å²) in [6.07, 6.45) is -4.66. The Bertz CT molecular complexity index is 624. The molecule has 0 heterocycles. The average Bonchev–Trinajstić information content (AvgIpc) is 2.25. The Morgan fingerprint density at radius 1 is 1.30 bits per heavy atom. The summed E-state index contributed by atoms with van der Waals surface area (Å²) >= 11 is 0. The van der Waals surface area contributed by atoms with Crippen LogP contribution in [0.25, 0.3) is 0 Å². The van der Waals surface area contributed by atoms with Gasteiger partial charge >= 0.3 is 6.18 Å². The molecule has 0 aliphatic heterocycles. The van der Waals surface area contributed by atoms with Crippen LogP contribution in [-0.2, 0) is 21.0 Å². The van der Waals surface area contributed by atoms with Crippen molar-refractivity contribution in [2.75, 3.05) is 5.32 Å². The van der Waals surface area contributed by atoms with E-state index in [1.165, 1.54) is 13.8 Å². The number of nitrogens with one attached hydrogen (secondary N) is 1. The van der Waals surface area contributed by atoms with Gasteiger partial charge in [0.25, 0.3) is 0 Å². The summed E-state index contributed by atoms with van der Waals surface area (Å²) in [6.45, 7) is 3.03. The molecule has 0 unspecified atom stereocenters. The van der Waals surface area contributed by atoms with E-state index in [0.717, 1.165) is 0 Å². The van der Waals surface area contributed by atoms with Crippen LogP contribution in [0.2, 0.25) is 0 Å². The zero-order valence-electron chi connectivity index (χ0n) is 10.7. The first-order valence-electron chi connectivity index (χ1n) is 5.48. The molecule has 1 rings (SSSR count). The van der Waals surface area contributed by atoms with Crippen LogP contribution in [0, 0.1) is 5.92 Å². The second-order valence-corrected chi connectivity index (χ2v) is 5.93. The van der Waals surface area contributed by atoms with Gasteiger partial charge in [-0.1, -0.05) is 13.8 Å². The number of benzene rings is 1. The fourth-order valence-corrected chi connectivity index (χ4v) is 2.00. The van der Waals surface area contributed by atoms with Crippen LogP contribution in [0.1, 0.15) is 19.4 Å². The summed E-state index contributed by atoms with van der Waals surface area (Å²) in [5.41, 5.74) is -1.56. The van der Waals surface area contributed by atoms with Gasteiger partial charge in [0, 0.05) is 5.92 Å². The normalized spacial score (nSPS) is 12.6. The fraction of sp³-hybridized carbons (Fsp3) is 0.364. The van der Waals surface area contributed by atoms with Gasteiger partial charge in [-0.05, 0) is 18.2 Å². The molecule has 1 aromatic rings. The predicted octanol–water partition coefficient (Wildman–Crippen LogP) is 1.95. The van der Waals surface area contributed by atoms with Crippen LogP contribution >= 0.6 is 0 Å². The Morgan fingerprint density at radius 2 is 1.85 bits per heavy atom. The maximum Gasteiger partial charge on any atom is 0.416 e. The number of alkyl halides is 3. The number of halogens is 3. The molecular weight excluding hydrogens is 297 g/mol. The lowest BCUT2D eigenvalue weighted by atomic mass is 10.1. The first-order chi connectivity index (χ1) is 8.93. The molecule has 0 fully saturated rings. The molecule has 0 radical (unpaired) electrons. The number of sulfonamides is 1. The first kappa shape index (κ1) is 16.4. The lowest BCUT2D eigenvalue weighted by molar-refractivity contribution is -0.137. The largest absolute Gasteiger partial charge is 0.416 e. The van der Waals surface area contributed by atoms with Crippen LogP contribution in [0.15, 0.2) is 23.1 Å². The van der Waals surface area contributed by atoms with Gasteiger partial charge in [0.05, 0.1) is 11.3 Å². The molecule has 1 amide bonds. The van der Waals surface area contributed by atoms with Gasteiger partial charge in [0.15, 0.2) is 0 Å². The van der Waals surface area contributed by atoms with Gasteiger partial charge in [-0.3, -0.25) is 4.79 Å². The molecule has 1 aromatic carbocycles. The van der Waals surface area contributed by atoms with Crippen LogP contribution in [-0.4, -0.2) is 14.3 Å². The molecule has 20 heavy (non-hydrogen) atoms. The van der Waals surface area contributed by atoms with Crippen molar-refractivity contribution in [3.05, 3.63) is 23.8 Å². The minimum Gasteiger partial charge on any atom is -0.325 e. The maximum absolute atomic E-state index is 12.6. The van der Waals surface area contributed by atoms with E-state index in [1.807, 2.05) is 0 Å². The lowest BCUT2D eigenvalue weighted by Gasteiger charge is -2.14. The van der Waals surface area contributed by atoms with Crippen molar-refractivity contribution in [1.82, 2.24) is 0 Å². The number of nitrogens with two attached hydrogens (primary N) is 1. The minimum absolute atomic E-state index is 0.485. The second kappa shape index (κ2) is 5.41. The van der Waals surface area contributed by atoms with Crippen molar-refractivity contribution < 1.29 is 26.4 Å². The number of hydrogen-bond acceptors (Lipinski definition) is 3. The van der Waals surface area contributed by atoms with E-state index in [2.05, 4.69) is 5.32 Å². The standard InChI is InChI=1S/C11H13F3N2O3S/c1-6(2)10(17)16-8-5-7(11(12,13)14)3-4-9(8)20(15,18)19/h3-6H,1-2H3,(H,16,17)(H2,15,18,19). The van der Waals surface area contributed by atoms with Gasteiger partial charge in [-0.2, -0.15) is 13.2 Å². The molecule has 0 aliphatic rings. The fourth-order valence-electron chi connectivity index (χ4n) is 1.33. The highest BCUT2D eigenvalue weighted by Gasteiger charge is 2.32. The highest BCUT2D eigenvalue weighted by atomic mass is 32.2. The van der Waals surface area contributed by atoms with E-state index in [0.29, 0.717) is 18.2 Å². The van der Waals surface area contributed by atoms with Crippen LogP contribution in [0.3, 0.4) is 0 Å². The Morgan fingerprint density at radius 3 is 2.25 bits per heavy atom. The second-order valence-electron chi connectivity index (χ2n) is 4.40.